The normalized spacial score (nSPS) is 15.7. The van der Waals surface area contributed by atoms with Crippen LogP contribution in [0, 0.1) is 5.41 Å². The lowest BCUT2D eigenvalue weighted by molar-refractivity contribution is -0.147. The van der Waals surface area contributed by atoms with Gasteiger partial charge < -0.3 is 5.11 Å². The van der Waals surface area contributed by atoms with Crippen LogP contribution in [0.2, 0.25) is 0 Å². The first-order valence-electron chi connectivity index (χ1n) is 5.09. The molecule has 1 unspecified atom stereocenters. The molecule has 0 aliphatic heterocycles. The first-order valence-corrected chi connectivity index (χ1v) is 5.09. The Morgan fingerprint density at radius 1 is 1.07 bits per heavy atom. The summed E-state index contributed by atoms with van der Waals surface area (Å²) in [5.74, 6) is -0.777. The minimum atomic E-state index is -0.853. The number of carboxylic acid groups (broad SMARTS) is 1. The van der Waals surface area contributed by atoms with Gasteiger partial charge in [-0.3, -0.25) is 4.79 Å². The molecule has 0 aliphatic carbocycles. The highest BCUT2D eigenvalue weighted by Gasteiger charge is 2.45. The quantitative estimate of drug-likeness (QED) is 0.807. The Hall–Kier alpha value is -1.31. The Kier molecular flexibility index (Phi) is 2.89. The van der Waals surface area contributed by atoms with Crippen LogP contribution in [0.4, 0.5) is 0 Å². The number of hydrogen-bond acceptors (Lipinski definition) is 1. The Balaban J connectivity index is 3.32. The van der Waals surface area contributed by atoms with Crippen LogP contribution in [-0.2, 0) is 10.2 Å². The van der Waals surface area contributed by atoms with Gasteiger partial charge in [0.05, 0.1) is 5.41 Å². The fraction of sp³-hybridized carbons (Fsp3) is 0.462. The van der Waals surface area contributed by atoms with Gasteiger partial charge in [0.1, 0.15) is 0 Å². The average molecular weight is 206 g/mol. The van der Waals surface area contributed by atoms with Crippen LogP contribution in [-0.4, -0.2) is 11.1 Å². The zero-order valence-electron chi connectivity index (χ0n) is 9.74. The van der Waals surface area contributed by atoms with Gasteiger partial charge in [-0.25, -0.2) is 0 Å². The molecule has 0 amide bonds. The van der Waals surface area contributed by atoms with Crippen molar-refractivity contribution in [2.75, 3.05) is 0 Å². The number of carbonyl (C=O) groups is 1. The second-order valence-corrected chi connectivity index (χ2v) is 5.05. The third kappa shape index (κ3) is 1.89. The van der Waals surface area contributed by atoms with Crippen molar-refractivity contribution in [1.82, 2.24) is 0 Å². The lowest BCUT2D eigenvalue weighted by atomic mass is 9.64. The van der Waals surface area contributed by atoms with E-state index < -0.39 is 11.4 Å². The van der Waals surface area contributed by atoms with Crippen LogP contribution < -0.4 is 0 Å². The van der Waals surface area contributed by atoms with E-state index in [0.29, 0.717) is 0 Å². The summed E-state index contributed by atoms with van der Waals surface area (Å²) in [7, 11) is 0. The molecule has 0 bridgehead atoms. The lowest BCUT2D eigenvalue weighted by Gasteiger charge is -2.38. The van der Waals surface area contributed by atoms with Crippen molar-refractivity contribution in [3.05, 3.63) is 35.9 Å². The molecule has 0 spiro atoms. The second kappa shape index (κ2) is 3.69. The van der Waals surface area contributed by atoms with Gasteiger partial charge in [-0.15, -0.1) is 0 Å². The smallest absolute Gasteiger partial charge is 0.314 e. The van der Waals surface area contributed by atoms with E-state index in [1.165, 1.54) is 0 Å². The van der Waals surface area contributed by atoms with E-state index in [4.69, 9.17) is 0 Å². The highest BCUT2D eigenvalue weighted by molar-refractivity contribution is 5.82. The standard InChI is InChI=1S/C13H18O2/c1-12(2,3)13(4,11(14)15)10-8-6-5-7-9-10/h5-9H,1-4H3,(H,14,15). The van der Waals surface area contributed by atoms with Crippen LogP contribution >= 0.6 is 0 Å². The van der Waals surface area contributed by atoms with E-state index in [-0.39, 0.29) is 5.41 Å². The monoisotopic (exact) mass is 206 g/mol. The molecular weight excluding hydrogens is 188 g/mol. The molecular formula is C13H18O2. The third-order valence-corrected chi connectivity index (χ3v) is 3.28. The number of hydrogen-bond donors (Lipinski definition) is 1. The minimum absolute atomic E-state index is 0.319. The maximum Gasteiger partial charge on any atom is 0.314 e. The van der Waals surface area contributed by atoms with Crippen molar-refractivity contribution < 1.29 is 9.90 Å². The van der Waals surface area contributed by atoms with E-state index in [1.54, 1.807) is 6.92 Å². The second-order valence-electron chi connectivity index (χ2n) is 5.05. The number of rotatable bonds is 2. The molecule has 1 aromatic carbocycles. The Morgan fingerprint density at radius 2 is 1.53 bits per heavy atom. The molecule has 0 saturated carbocycles. The SMILES string of the molecule is CC(C)(C)C(C)(C(=O)O)c1ccccc1. The molecule has 0 radical (unpaired) electrons. The Labute approximate surface area is 90.9 Å². The summed E-state index contributed by atoms with van der Waals surface area (Å²) in [5.41, 5.74) is -0.320. The molecule has 0 saturated heterocycles. The summed E-state index contributed by atoms with van der Waals surface area (Å²) >= 11 is 0. The van der Waals surface area contributed by atoms with E-state index >= 15 is 0 Å². The van der Waals surface area contributed by atoms with Crippen molar-refractivity contribution in [3.63, 3.8) is 0 Å². The average Bonchev–Trinajstić information content (AvgIpc) is 2.16. The van der Waals surface area contributed by atoms with Crippen molar-refractivity contribution in [3.8, 4) is 0 Å². The maximum atomic E-state index is 11.5. The zero-order chi connectivity index (χ0) is 11.7. The Bertz CT molecular complexity index is 349. The van der Waals surface area contributed by atoms with Crippen molar-refractivity contribution in [1.29, 1.82) is 0 Å². The molecule has 82 valence electrons. The summed E-state index contributed by atoms with van der Waals surface area (Å²) in [6.45, 7) is 7.64. The molecule has 0 aromatic heterocycles. The minimum Gasteiger partial charge on any atom is -0.481 e. The van der Waals surface area contributed by atoms with Gasteiger partial charge in [0.15, 0.2) is 0 Å². The molecule has 0 heterocycles. The summed E-state index contributed by atoms with van der Waals surface area (Å²) in [6.07, 6.45) is 0. The zero-order valence-corrected chi connectivity index (χ0v) is 9.74. The van der Waals surface area contributed by atoms with Crippen molar-refractivity contribution in [2.24, 2.45) is 5.41 Å². The fourth-order valence-corrected chi connectivity index (χ4v) is 1.65. The van der Waals surface area contributed by atoms with Gasteiger partial charge in [-0.05, 0) is 17.9 Å². The molecule has 0 aliphatic rings. The lowest BCUT2D eigenvalue weighted by Crippen LogP contribution is -2.44. The highest BCUT2D eigenvalue weighted by atomic mass is 16.4. The van der Waals surface area contributed by atoms with Gasteiger partial charge in [0, 0.05) is 0 Å². The van der Waals surface area contributed by atoms with Gasteiger partial charge in [-0.1, -0.05) is 51.1 Å². The van der Waals surface area contributed by atoms with Gasteiger partial charge in [-0.2, -0.15) is 0 Å². The summed E-state index contributed by atoms with van der Waals surface area (Å²) in [4.78, 5) is 11.5. The van der Waals surface area contributed by atoms with Gasteiger partial charge >= 0.3 is 5.97 Å². The van der Waals surface area contributed by atoms with Crippen molar-refractivity contribution in [2.45, 2.75) is 33.1 Å². The van der Waals surface area contributed by atoms with E-state index in [2.05, 4.69) is 0 Å². The van der Waals surface area contributed by atoms with Gasteiger partial charge in [0.2, 0.25) is 0 Å². The first-order chi connectivity index (χ1) is 6.80. The molecule has 1 aromatic rings. The van der Waals surface area contributed by atoms with E-state index in [9.17, 15) is 9.90 Å². The van der Waals surface area contributed by atoms with Crippen LogP contribution in [0.1, 0.15) is 33.3 Å². The number of aliphatic carboxylic acids is 1. The van der Waals surface area contributed by atoms with Gasteiger partial charge in [0.25, 0.3) is 0 Å². The summed E-state index contributed by atoms with van der Waals surface area (Å²) in [6, 6.07) is 9.40. The molecule has 1 N–H and O–H groups in total. The number of carboxylic acids is 1. The van der Waals surface area contributed by atoms with Crippen LogP contribution in [0.3, 0.4) is 0 Å². The third-order valence-electron chi connectivity index (χ3n) is 3.28. The van der Waals surface area contributed by atoms with Crippen LogP contribution in [0.25, 0.3) is 0 Å². The predicted molar refractivity (Wildman–Crippen MR) is 60.9 cm³/mol. The van der Waals surface area contributed by atoms with E-state index in [1.807, 2.05) is 51.1 Å². The summed E-state index contributed by atoms with van der Waals surface area (Å²) < 4.78 is 0. The Morgan fingerprint density at radius 3 is 1.87 bits per heavy atom. The first kappa shape index (κ1) is 11.8. The maximum absolute atomic E-state index is 11.5. The number of benzene rings is 1. The topological polar surface area (TPSA) is 37.3 Å². The van der Waals surface area contributed by atoms with Crippen LogP contribution in [0.15, 0.2) is 30.3 Å². The molecule has 1 rings (SSSR count). The molecule has 0 fully saturated rings. The van der Waals surface area contributed by atoms with Crippen LogP contribution in [0.5, 0.6) is 0 Å². The molecule has 15 heavy (non-hydrogen) atoms. The summed E-state index contributed by atoms with van der Waals surface area (Å²) in [5, 5.41) is 9.42. The van der Waals surface area contributed by atoms with E-state index in [0.717, 1.165) is 5.56 Å². The molecule has 1 atom stereocenters. The highest BCUT2D eigenvalue weighted by Crippen LogP contribution is 2.41. The van der Waals surface area contributed by atoms with Crippen molar-refractivity contribution >= 4 is 5.97 Å². The fourth-order valence-electron chi connectivity index (χ4n) is 1.65. The largest absolute Gasteiger partial charge is 0.481 e. The molecule has 2 heteroatoms. The molecule has 2 nitrogen and oxygen atoms in total. The predicted octanol–water partition coefficient (Wildman–Crippen LogP) is 3.08.